The quantitative estimate of drug-likeness (QED) is 0.853. The normalized spacial score (nSPS) is 18.2. The number of rotatable bonds is 4. The summed E-state index contributed by atoms with van der Waals surface area (Å²) in [5, 5.41) is 9.31. The first-order chi connectivity index (χ1) is 9.65. The van der Waals surface area contributed by atoms with Crippen LogP contribution in [0, 0.1) is 5.92 Å². The number of hydrogen-bond donors (Lipinski definition) is 1. The lowest BCUT2D eigenvalue weighted by Gasteiger charge is -2.17. The highest BCUT2D eigenvalue weighted by atomic mass is 16.5. The number of carbonyl (C=O) groups excluding carboxylic acids is 1. The van der Waals surface area contributed by atoms with Crippen LogP contribution < -0.4 is 14.2 Å². The third-order valence-electron chi connectivity index (χ3n) is 3.77. The van der Waals surface area contributed by atoms with E-state index in [1.165, 1.54) is 7.11 Å². The molecule has 0 saturated carbocycles. The predicted octanol–water partition coefficient (Wildman–Crippen LogP) is 1.84. The van der Waals surface area contributed by atoms with Crippen LogP contribution in [0.15, 0.2) is 6.07 Å². The van der Waals surface area contributed by atoms with Crippen molar-refractivity contribution in [1.29, 1.82) is 0 Å². The third-order valence-corrected chi connectivity index (χ3v) is 3.77. The van der Waals surface area contributed by atoms with Crippen molar-refractivity contribution in [3.8, 4) is 17.2 Å². The molecule has 1 aliphatic rings. The summed E-state index contributed by atoms with van der Waals surface area (Å²) >= 11 is 0. The van der Waals surface area contributed by atoms with E-state index in [0.29, 0.717) is 35.7 Å². The molecule has 0 amide bonds. The molecule has 0 saturated heterocycles. The van der Waals surface area contributed by atoms with Crippen LogP contribution in [0.5, 0.6) is 17.2 Å². The highest BCUT2D eigenvalue weighted by Crippen LogP contribution is 2.44. The molecule has 0 heterocycles. The van der Waals surface area contributed by atoms with Crippen LogP contribution in [0.4, 0.5) is 0 Å². The number of methoxy groups -OCH3 is 3. The Morgan fingerprint density at radius 2 is 1.90 bits per heavy atom. The maximum atomic E-state index is 12.3. The number of ether oxygens (including phenoxy) is 3. The van der Waals surface area contributed by atoms with Crippen LogP contribution in [0.25, 0.3) is 0 Å². The lowest BCUT2D eigenvalue weighted by molar-refractivity contribution is 0.0938. The van der Waals surface area contributed by atoms with E-state index in [1.54, 1.807) is 20.3 Å². The van der Waals surface area contributed by atoms with Crippen LogP contribution in [0.2, 0.25) is 0 Å². The number of hydrogen-bond acceptors (Lipinski definition) is 5. The first-order valence-corrected chi connectivity index (χ1v) is 6.62. The fourth-order valence-corrected chi connectivity index (χ4v) is 2.69. The van der Waals surface area contributed by atoms with Gasteiger partial charge in [-0.05, 0) is 24.8 Å². The Morgan fingerprint density at radius 1 is 1.20 bits per heavy atom. The van der Waals surface area contributed by atoms with Crippen LogP contribution in [-0.4, -0.2) is 38.8 Å². The van der Waals surface area contributed by atoms with Crippen molar-refractivity contribution in [2.75, 3.05) is 27.9 Å². The first-order valence-electron chi connectivity index (χ1n) is 6.62. The van der Waals surface area contributed by atoms with E-state index in [9.17, 15) is 9.90 Å². The number of fused-ring (bicyclic) bond motifs is 1. The van der Waals surface area contributed by atoms with E-state index < -0.39 is 0 Å². The van der Waals surface area contributed by atoms with E-state index in [1.807, 2.05) is 0 Å². The molecular formula is C15H20O5. The topological polar surface area (TPSA) is 65.0 Å². The van der Waals surface area contributed by atoms with Gasteiger partial charge in [0.15, 0.2) is 17.3 Å². The minimum atomic E-state index is -0.00315. The molecule has 0 radical (unpaired) electrons. The molecule has 110 valence electrons. The Morgan fingerprint density at radius 3 is 2.45 bits per heavy atom. The molecule has 1 atom stereocenters. The van der Waals surface area contributed by atoms with Gasteiger partial charge in [-0.3, -0.25) is 4.79 Å². The molecule has 0 spiro atoms. The van der Waals surface area contributed by atoms with Crippen LogP contribution >= 0.6 is 0 Å². The Kier molecular flexibility index (Phi) is 4.49. The predicted molar refractivity (Wildman–Crippen MR) is 73.9 cm³/mol. The van der Waals surface area contributed by atoms with Crippen molar-refractivity contribution in [2.24, 2.45) is 5.92 Å². The van der Waals surface area contributed by atoms with Crippen LogP contribution in [0.3, 0.4) is 0 Å². The molecule has 1 aromatic rings. The molecule has 0 unspecified atom stereocenters. The molecular weight excluding hydrogens is 260 g/mol. The minimum Gasteiger partial charge on any atom is -0.493 e. The molecule has 0 bridgehead atoms. The van der Waals surface area contributed by atoms with Gasteiger partial charge in [0.1, 0.15) is 0 Å². The van der Waals surface area contributed by atoms with Crippen molar-refractivity contribution < 1.29 is 24.1 Å². The summed E-state index contributed by atoms with van der Waals surface area (Å²) in [7, 11) is 4.62. The Hall–Kier alpha value is -1.75. The van der Waals surface area contributed by atoms with Crippen molar-refractivity contribution in [1.82, 2.24) is 0 Å². The maximum absolute atomic E-state index is 12.3. The number of aliphatic hydroxyl groups excluding tert-OH is 1. The van der Waals surface area contributed by atoms with Gasteiger partial charge in [-0.15, -0.1) is 0 Å². The standard InChI is InChI=1S/C15H20O5/c1-18-13-7-11-10(14(19-2)15(13)20-3)5-4-9(8-16)6-12(11)17/h7,9,16H,4-6,8H2,1-3H3/t9-/m1/s1. The number of benzene rings is 1. The highest BCUT2D eigenvalue weighted by molar-refractivity contribution is 5.99. The molecule has 20 heavy (non-hydrogen) atoms. The molecule has 1 aromatic carbocycles. The summed E-state index contributed by atoms with van der Waals surface area (Å²) in [5.41, 5.74) is 1.45. The second-order valence-electron chi connectivity index (χ2n) is 4.89. The molecule has 5 nitrogen and oxygen atoms in total. The number of ketones is 1. The number of Topliss-reactive ketones (excluding diaryl/α,β-unsaturated/α-hetero) is 1. The lowest BCUT2D eigenvalue weighted by atomic mass is 9.99. The second-order valence-corrected chi connectivity index (χ2v) is 4.89. The van der Waals surface area contributed by atoms with Crippen molar-refractivity contribution >= 4 is 5.78 Å². The third kappa shape index (κ3) is 2.45. The maximum Gasteiger partial charge on any atom is 0.203 e. The Balaban J connectivity index is 2.59. The average Bonchev–Trinajstić information content (AvgIpc) is 2.64. The Bertz CT molecular complexity index is 509. The van der Waals surface area contributed by atoms with E-state index in [2.05, 4.69) is 0 Å². The summed E-state index contributed by atoms with van der Waals surface area (Å²) < 4.78 is 16.1. The SMILES string of the molecule is COc1cc2c(c(OC)c1OC)CC[C@@H](CO)CC2=O. The van der Waals surface area contributed by atoms with Gasteiger partial charge in [-0.2, -0.15) is 0 Å². The molecule has 2 rings (SSSR count). The van der Waals surface area contributed by atoms with Crippen molar-refractivity contribution in [2.45, 2.75) is 19.3 Å². The summed E-state index contributed by atoms with van der Waals surface area (Å²) in [6.45, 7) is 0.0241. The molecule has 0 aromatic heterocycles. The second kappa shape index (κ2) is 6.13. The lowest BCUT2D eigenvalue weighted by Crippen LogP contribution is -2.10. The summed E-state index contributed by atoms with van der Waals surface area (Å²) in [4.78, 5) is 12.3. The highest BCUT2D eigenvalue weighted by Gasteiger charge is 2.28. The summed E-state index contributed by atoms with van der Waals surface area (Å²) in [6, 6.07) is 1.71. The van der Waals surface area contributed by atoms with Crippen LogP contribution in [0.1, 0.15) is 28.8 Å². The minimum absolute atomic E-state index is 0.00315. The zero-order valence-corrected chi connectivity index (χ0v) is 12.1. The van der Waals surface area contributed by atoms with Gasteiger partial charge in [-0.25, -0.2) is 0 Å². The number of aliphatic hydroxyl groups is 1. The van der Waals surface area contributed by atoms with Gasteiger partial charge in [-0.1, -0.05) is 0 Å². The van der Waals surface area contributed by atoms with Gasteiger partial charge in [0.05, 0.1) is 21.3 Å². The van der Waals surface area contributed by atoms with E-state index >= 15 is 0 Å². The first kappa shape index (κ1) is 14.7. The Labute approximate surface area is 118 Å². The zero-order valence-electron chi connectivity index (χ0n) is 12.1. The van der Waals surface area contributed by atoms with Gasteiger partial charge >= 0.3 is 0 Å². The largest absolute Gasteiger partial charge is 0.493 e. The van der Waals surface area contributed by atoms with Crippen LogP contribution in [-0.2, 0) is 6.42 Å². The molecule has 5 heteroatoms. The van der Waals surface area contributed by atoms with Gasteiger partial charge in [0, 0.05) is 24.2 Å². The molecule has 1 aliphatic carbocycles. The van der Waals surface area contributed by atoms with E-state index in [-0.39, 0.29) is 18.3 Å². The van der Waals surface area contributed by atoms with Gasteiger partial charge in [0.2, 0.25) is 5.75 Å². The monoisotopic (exact) mass is 280 g/mol. The fraction of sp³-hybridized carbons (Fsp3) is 0.533. The molecule has 0 fully saturated rings. The van der Waals surface area contributed by atoms with Gasteiger partial charge < -0.3 is 19.3 Å². The van der Waals surface area contributed by atoms with Crippen molar-refractivity contribution in [3.63, 3.8) is 0 Å². The van der Waals surface area contributed by atoms with Crippen molar-refractivity contribution in [3.05, 3.63) is 17.2 Å². The average molecular weight is 280 g/mol. The van der Waals surface area contributed by atoms with E-state index in [0.717, 1.165) is 12.0 Å². The summed E-state index contributed by atoms with van der Waals surface area (Å²) in [6.07, 6.45) is 1.78. The summed E-state index contributed by atoms with van der Waals surface area (Å²) in [5.74, 6) is 1.55. The molecule has 0 aliphatic heterocycles. The number of carbonyl (C=O) groups is 1. The zero-order chi connectivity index (χ0) is 14.7. The van der Waals surface area contributed by atoms with E-state index in [4.69, 9.17) is 14.2 Å². The van der Waals surface area contributed by atoms with Gasteiger partial charge in [0.25, 0.3) is 0 Å². The molecule has 1 N–H and O–H groups in total. The fourth-order valence-electron chi connectivity index (χ4n) is 2.69. The smallest absolute Gasteiger partial charge is 0.203 e.